The van der Waals surface area contributed by atoms with Gasteiger partial charge in [-0.1, -0.05) is 30.3 Å². The SMILES string of the molecule is CN=C(NCC1CC1c1ccccc1)N1CCN(c2cccs2)CC1. The summed E-state index contributed by atoms with van der Waals surface area (Å²) in [5.74, 6) is 2.53. The van der Waals surface area contributed by atoms with E-state index < -0.39 is 0 Å². The molecule has 2 heterocycles. The Morgan fingerprint density at radius 3 is 2.60 bits per heavy atom. The van der Waals surface area contributed by atoms with Gasteiger partial charge in [-0.25, -0.2) is 0 Å². The van der Waals surface area contributed by atoms with Gasteiger partial charge in [0, 0.05) is 39.8 Å². The predicted octanol–water partition coefficient (Wildman–Crippen LogP) is 3.25. The molecular weight excluding hydrogens is 328 g/mol. The van der Waals surface area contributed by atoms with Gasteiger partial charge in [0.2, 0.25) is 0 Å². The molecule has 1 saturated heterocycles. The summed E-state index contributed by atoms with van der Waals surface area (Å²) in [7, 11) is 1.90. The molecule has 2 unspecified atom stereocenters. The van der Waals surface area contributed by atoms with Crippen LogP contribution in [0.4, 0.5) is 5.00 Å². The molecule has 4 rings (SSSR count). The van der Waals surface area contributed by atoms with Crippen molar-refractivity contribution in [3.05, 3.63) is 53.4 Å². The first-order valence-electron chi connectivity index (χ1n) is 9.14. The molecule has 2 aliphatic rings. The van der Waals surface area contributed by atoms with Crippen molar-refractivity contribution in [2.24, 2.45) is 10.9 Å². The largest absolute Gasteiger partial charge is 0.360 e. The number of rotatable bonds is 4. The number of thiophene rings is 1. The third-order valence-corrected chi connectivity index (χ3v) is 6.21. The fourth-order valence-electron chi connectivity index (χ4n) is 3.72. The highest BCUT2D eigenvalue weighted by Crippen LogP contribution is 2.46. The maximum absolute atomic E-state index is 4.51. The van der Waals surface area contributed by atoms with Gasteiger partial charge in [-0.2, -0.15) is 0 Å². The van der Waals surface area contributed by atoms with Gasteiger partial charge in [0.05, 0.1) is 5.00 Å². The molecule has 132 valence electrons. The van der Waals surface area contributed by atoms with Crippen LogP contribution in [0, 0.1) is 5.92 Å². The zero-order valence-electron chi connectivity index (χ0n) is 14.8. The van der Waals surface area contributed by atoms with Crippen LogP contribution in [0.1, 0.15) is 17.9 Å². The first kappa shape index (κ1) is 16.5. The van der Waals surface area contributed by atoms with E-state index in [9.17, 15) is 0 Å². The van der Waals surface area contributed by atoms with Crippen molar-refractivity contribution in [1.29, 1.82) is 0 Å². The number of aliphatic imine (C=N–C) groups is 1. The minimum atomic E-state index is 0.725. The molecule has 4 nitrogen and oxygen atoms in total. The van der Waals surface area contributed by atoms with E-state index in [2.05, 4.69) is 68.0 Å². The lowest BCUT2D eigenvalue weighted by molar-refractivity contribution is 0.372. The second-order valence-corrected chi connectivity index (χ2v) is 7.79. The zero-order valence-corrected chi connectivity index (χ0v) is 15.6. The van der Waals surface area contributed by atoms with Crippen molar-refractivity contribution >= 4 is 22.3 Å². The Bertz CT molecular complexity index is 690. The Kier molecular flexibility index (Phi) is 4.92. The highest BCUT2D eigenvalue weighted by molar-refractivity contribution is 7.14. The third kappa shape index (κ3) is 3.82. The van der Waals surface area contributed by atoms with E-state index in [-0.39, 0.29) is 0 Å². The van der Waals surface area contributed by atoms with E-state index in [4.69, 9.17) is 0 Å². The van der Waals surface area contributed by atoms with Crippen LogP contribution in [0.2, 0.25) is 0 Å². The Morgan fingerprint density at radius 2 is 1.92 bits per heavy atom. The number of hydrogen-bond acceptors (Lipinski definition) is 3. The molecule has 0 spiro atoms. The average Bonchev–Trinajstić information content (AvgIpc) is 3.24. The molecule has 0 amide bonds. The van der Waals surface area contributed by atoms with Crippen LogP contribution in [0.3, 0.4) is 0 Å². The van der Waals surface area contributed by atoms with Crippen molar-refractivity contribution < 1.29 is 0 Å². The standard InChI is InChI=1S/C20H26N4S/c1-21-20(22-15-17-14-18(17)16-6-3-2-4-7-16)24-11-9-23(10-12-24)19-8-5-13-25-19/h2-8,13,17-18H,9-12,14-15H2,1H3,(H,21,22). The first-order chi connectivity index (χ1) is 12.3. The second-order valence-electron chi connectivity index (χ2n) is 6.87. The van der Waals surface area contributed by atoms with Crippen LogP contribution in [0.25, 0.3) is 0 Å². The Labute approximate surface area is 154 Å². The van der Waals surface area contributed by atoms with Crippen molar-refractivity contribution in [3.8, 4) is 0 Å². The van der Waals surface area contributed by atoms with Crippen LogP contribution >= 0.6 is 11.3 Å². The van der Waals surface area contributed by atoms with E-state index in [1.807, 2.05) is 18.4 Å². The lowest BCUT2D eigenvalue weighted by Gasteiger charge is -2.37. The topological polar surface area (TPSA) is 30.9 Å². The van der Waals surface area contributed by atoms with Crippen molar-refractivity contribution in [2.45, 2.75) is 12.3 Å². The van der Waals surface area contributed by atoms with Gasteiger partial charge in [0.25, 0.3) is 0 Å². The molecule has 25 heavy (non-hydrogen) atoms. The van der Waals surface area contributed by atoms with Gasteiger partial charge in [-0.15, -0.1) is 11.3 Å². The van der Waals surface area contributed by atoms with Crippen molar-refractivity contribution in [1.82, 2.24) is 10.2 Å². The fraction of sp³-hybridized carbons (Fsp3) is 0.450. The maximum atomic E-state index is 4.51. The van der Waals surface area contributed by atoms with E-state index in [0.29, 0.717) is 0 Å². The Morgan fingerprint density at radius 1 is 1.12 bits per heavy atom. The fourth-order valence-corrected chi connectivity index (χ4v) is 4.51. The molecule has 1 N–H and O–H groups in total. The monoisotopic (exact) mass is 354 g/mol. The first-order valence-corrected chi connectivity index (χ1v) is 10.0. The van der Waals surface area contributed by atoms with Crippen LogP contribution in [-0.4, -0.2) is 50.6 Å². The second kappa shape index (κ2) is 7.48. The summed E-state index contributed by atoms with van der Waals surface area (Å²) in [6.45, 7) is 5.22. The van der Waals surface area contributed by atoms with Crippen molar-refractivity contribution in [2.75, 3.05) is 44.7 Å². The molecular formula is C20H26N4S. The third-order valence-electron chi connectivity index (χ3n) is 5.28. The van der Waals surface area contributed by atoms with E-state index in [1.54, 1.807) is 0 Å². The molecule has 1 aromatic carbocycles. The predicted molar refractivity (Wildman–Crippen MR) is 107 cm³/mol. The highest BCUT2D eigenvalue weighted by atomic mass is 32.1. The van der Waals surface area contributed by atoms with Gasteiger partial charge in [-0.05, 0) is 41.3 Å². The van der Waals surface area contributed by atoms with E-state index >= 15 is 0 Å². The molecule has 1 aliphatic carbocycles. The number of nitrogens with zero attached hydrogens (tertiary/aromatic N) is 3. The summed E-state index contributed by atoms with van der Waals surface area (Å²) < 4.78 is 0. The molecule has 0 bridgehead atoms. The number of benzene rings is 1. The Balaban J connectivity index is 1.25. The normalized spacial score (nSPS) is 23.6. The van der Waals surface area contributed by atoms with Crippen LogP contribution in [-0.2, 0) is 0 Å². The van der Waals surface area contributed by atoms with Gasteiger partial charge in [0.1, 0.15) is 0 Å². The molecule has 0 radical (unpaired) electrons. The van der Waals surface area contributed by atoms with Gasteiger partial charge in [-0.3, -0.25) is 4.99 Å². The number of anilines is 1. The van der Waals surface area contributed by atoms with E-state index in [1.165, 1.54) is 17.0 Å². The van der Waals surface area contributed by atoms with Crippen molar-refractivity contribution in [3.63, 3.8) is 0 Å². The molecule has 5 heteroatoms. The quantitative estimate of drug-likeness (QED) is 0.675. The van der Waals surface area contributed by atoms with Gasteiger partial charge < -0.3 is 15.1 Å². The molecule has 2 fully saturated rings. The summed E-state index contributed by atoms with van der Waals surface area (Å²) >= 11 is 1.83. The summed E-state index contributed by atoms with van der Waals surface area (Å²) in [4.78, 5) is 9.38. The summed E-state index contributed by atoms with van der Waals surface area (Å²) in [6.07, 6.45) is 1.29. The number of hydrogen-bond donors (Lipinski definition) is 1. The highest BCUT2D eigenvalue weighted by Gasteiger charge is 2.38. The van der Waals surface area contributed by atoms with Crippen LogP contribution in [0.15, 0.2) is 52.8 Å². The lowest BCUT2D eigenvalue weighted by atomic mass is 10.1. The smallest absolute Gasteiger partial charge is 0.193 e. The molecule has 1 saturated carbocycles. The number of nitrogens with one attached hydrogen (secondary N) is 1. The number of guanidine groups is 1. The molecule has 1 aliphatic heterocycles. The number of piperazine rings is 1. The molecule has 2 aromatic rings. The molecule has 1 aromatic heterocycles. The van der Waals surface area contributed by atoms with Gasteiger partial charge in [0.15, 0.2) is 5.96 Å². The minimum absolute atomic E-state index is 0.725. The van der Waals surface area contributed by atoms with E-state index in [0.717, 1.165) is 50.5 Å². The zero-order chi connectivity index (χ0) is 17.1. The summed E-state index contributed by atoms with van der Waals surface area (Å²) in [5, 5.41) is 7.15. The van der Waals surface area contributed by atoms with Crippen LogP contribution < -0.4 is 10.2 Å². The summed E-state index contributed by atoms with van der Waals surface area (Å²) in [5.41, 5.74) is 1.48. The average molecular weight is 355 g/mol. The molecule has 2 atom stereocenters. The Hall–Kier alpha value is -2.01. The minimum Gasteiger partial charge on any atom is -0.360 e. The summed E-state index contributed by atoms with van der Waals surface area (Å²) in [6, 6.07) is 15.2. The lowest BCUT2D eigenvalue weighted by Crippen LogP contribution is -2.52. The maximum Gasteiger partial charge on any atom is 0.193 e. The van der Waals surface area contributed by atoms with Crippen LogP contribution in [0.5, 0.6) is 0 Å². The van der Waals surface area contributed by atoms with Gasteiger partial charge >= 0.3 is 0 Å².